The molecule has 0 saturated carbocycles. The van der Waals surface area contributed by atoms with E-state index in [4.69, 9.17) is 33.7 Å². The predicted molar refractivity (Wildman–Crippen MR) is 149 cm³/mol. The van der Waals surface area contributed by atoms with Crippen molar-refractivity contribution in [3.05, 3.63) is 104 Å². The van der Waals surface area contributed by atoms with Crippen LogP contribution in [0, 0.1) is 0 Å². The number of carbonyl (C=O) groups excluding carboxylic acids is 3. The Morgan fingerprint density at radius 1 is 1.02 bits per heavy atom. The van der Waals surface area contributed by atoms with E-state index in [0.29, 0.717) is 10.6 Å². The lowest BCUT2D eigenvalue weighted by molar-refractivity contribution is 0.0221. The number of hydrogen-bond acceptors (Lipinski definition) is 8. The van der Waals surface area contributed by atoms with Crippen molar-refractivity contribution in [2.75, 3.05) is 18.2 Å². The largest absolute Gasteiger partial charge is 0.497 e. The van der Waals surface area contributed by atoms with Gasteiger partial charge in [0.05, 0.1) is 45.9 Å². The van der Waals surface area contributed by atoms with Crippen LogP contribution in [0.1, 0.15) is 42.7 Å². The van der Waals surface area contributed by atoms with Crippen LogP contribution in [0.4, 0.5) is 20.3 Å². The number of hydrogen-bond donors (Lipinski definition) is 2. The summed E-state index contributed by atoms with van der Waals surface area (Å²) in [6, 6.07) is 7.64. The molecule has 0 saturated heterocycles. The van der Waals surface area contributed by atoms with Gasteiger partial charge in [-0.3, -0.25) is 33.6 Å². The van der Waals surface area contributed by atoms with Gasteiger partial charge in [0.2, 0.25) is 0 Å². The van der Waals surface area contributed by atoms with Crippen LogP contribution in [0.5, 0.6) is 5.75 Å². The molecule has 5 rings (SSSR count). The first-order valence-corrected chi connectivity index (χ1v) is 12.7. The first kappa shape index (κ1) is 28.6. The zero-order valence-corrected chi connectivity index (χ0v) is 22.9. The fourth-order valence-electron chi connectivity index (χ4n) is 4.48. The SMILES string of the molecule is COc1cc(Cl)c(-n2cnc(N)c(C(=O)Nc3cncc([C@H](C(F)F)N4C(=O)c5ccccc5C4=O)c3)c2=O)c(Cl)c1. The Bertz CT molecular complexity index is 1780. The number of benzene rings is 2. The minimum Gasteiger partial charge on any atom is -0.497 e. The number of nitrogens with one attached hydrogen (secondary N) is 1. The smallest absolute Gasteiger partial charge is 0.273 e. The Morgan fingerprint density at radius 3 is 2.21 bits per heavy atom. The number of rotatable bonds is 7. The first-order chi connectivity index (χ1) is 20.0. The second-order valence-electron chi connectivity index (χ2n) is 8.89. The third-order valence-corrected chi connectivity index (χ3v) is 6.97. The van der Waals surface area contributed by atoms with Crippen molar-refractivity contribution in [3.63, 3.8) is 0 Å². The molecule has 3 amide bonds. The van der Waals surface area contributed by atoms with Gasteiger partial charge in [0, 0.05) is 23.9 Å². The van der Waals surface area contributed by atoms with E-state index in [-0.39, 0.29) is 38.1 Å². The van der Waals surface area contributed by atoms with Gasteiger partial charge in [-0.2, -0.15) is 0 Å². The summed E-state index contributed by atoms with van der Waals surface area (Å²) in [4.78, 5) is 60.5. The topological polar surface area (TPSA) is 150 Å². The van der Waals surface area contributed by atoms with Gasteiger partial charge in [0.1, 0.15) is 29.5 Å². The summed E-state index contributed by atoms with van der Waals surface area (Å²) in [5, 5.41) is 2.41. The lowest BCUT2D eigenvalue weighted by Gasteiger charge is -2.26. The molecular weight excluding hydrogens is 597 g/mol. The van der Waals surface area contributed by atoms with Gasteiger partial charge in [-0.15, -0.1) is 0 Å². The van der Waals surface area contributed by atoms with Crippen LogP contribution in [0.15, 0.2) is 66.0 Å². The summed E-state index contributed by atoms with van der Waals surface area (Å²) in [5.74, 6) is -2.95. The van der Waals surface area contributed by atoms with Crippen molar-refractivity contribution >= 4 is 52.4 Å². The van der Waals surface area contributed by atoms with Gasteiger partial charge in [-0.1, -0.05) is 35.3 Å². The molecule has 2 aromatic heterocycles. The van der Waals surface area contributed by atoms with Gasteiger partial charge in [-0.05, 0) is 18.2 Å². The molecule has 11 nitrogen and oxygen atoms in total. The highest BCUT2D eigenvalue weighted by molar-refractivity contribution is 6.38. The predicted octanol–water partition coefficient (Wildman–Crippen LogP) is 4.38. The van der Waals surface area contributed by atoms with Crippen LogP contribution >= 0.6 is 23.2 Å². The van der Waals surface area contributed by atoms with E-state index in [0.717, 1.165) is 29.4 Å². The molecule has 2 aromatic carbocycles. The molecule has 3 N–H and O–H groups in total. The van der Waals surface area contributed by atoms with E-state index >= 15 is 0 Å². The minimum atomic E-state index is -3.19. The molecule has 0 fully saturated rings. The molecule has 3 heterocycles. The number of carbonyl (C=O) groups is 3. The number of fused-ring (bicyclic) bond motifs is 1. The molecular formula is C27H18Cl2F2N6O5. The van der Waals surface area contributed by atoms with Crippen molar-refractivity contribution in [1.29, 1.82) is 0 Å². The standard InChI is InChI=1S/C27H18Cl2F2N6O5/c1-42-14-7-17(28)21(18(29)8-14)36-11-34-23(32)19(27(36)41)24(38)35-13-6-12(9-33-10-13)20(22(30)31)37-25(39)15-4-2-3-5-16(15)26(37)40/h2-11,20,22H,32H2,1H3,(H,35,38)/t20-/m1/s1. The normalized spacial score (nSPS) is 13.3. The molecule has 0 radical (unpaired) electrons. The number of methoxy groups -OCH3 is 1. The highest BCUT2D eigenvalue weighted by atomic mass is 35.5. The first-order valence-electron chi connectivity index (χ1n) is 11.9. The van der Waals surface area contributed by atoms with Crippen molar-refractivity contribution in [2.45, 2.75) is 12.5 Å². The van der Waals surface area contributed by atoms with Gasteiger partial charge < -0.3 is 15.8 Å². The number of ether oxygens (including phenoxy) is 1. The van der Waals surface area contributed by atoms with E-state index in [1.165, 1.54) is 43.5 Å². The van der Waals surface area contributed by atoms with Crippen molar-refractivity contribution in [3.8, 4) is 11.4 Å². The highest BCUT2D eigenvalue weighted by Crippen LogP contribution is 2.36. The maximum absolute atomic E-state index is 14.3. The van der Waals surface area contributed by atoms with Crippen LogP contribution in [0.2, 0.25) is 10.0 Å². The summed E-state index contributed by atoms with van der Waals surface area (Å²) in [7, 11) is 1.40. The van der Waals surface area contributed by atoms with Crippen LogP contribution in [-0.4, -0.2) is 50.7 Å². The van der Waals surface area contributed by atoms with Crippen molar-refractivity contribution in [2.24, 2.45) is 0 Å². The number of nitrogen functional groups attached to an aromatic ring is 1. The van der Waals surface area contributed by atoms with E-state index in [1.807, 2.05) is 0 Å². The number of alkyl halides is 2. The molecule has 42 heavy (non-hydrogen) atoms. The Balaban J connectivity index is 1.48. The number of nitrogens with two attached hydrogens (primary N) is 1. The summed E-state index contributed by atoms with van der Waals surface area (Å²) in [5.41, 5.74) is 3.93. The van der Waals surface area contributed by atoms with Crippen molar-refractivity contribution < 1.29 is 27.9 Å². The molecule has 214 valence electrons. The molecule has 0 unspecified atom stereocenters. The average Bonchev–Trinajstić information content (AvgIpc) is 3.19. The number of halogens is 4. The summed E-state index contributed by atoms with van der Waals surface area (Å²) in [6.07, 6.45) is -0.00461. The quantitative estimate of drug-likeness (QED) is 0.291. The Kier molecular flexibility index (Phi) is 7.63. The summed E-state index contributed by atoms with van der Waals surface area (Å²) in [6.45, 7) is 0. The third kappa shape index (κ3) is 4.92. The molecule has 0 bridgehead atoms. The van der Waals surface area contributed by atoms with E-state index < -0.39 is 47.1 Å². The van der Waals surface area contributed by atoms with Crippen LogP contribution in [-0.2, 0) is 0 Å². The van der Waals surface area contributed by atoms with E-state index in [9.17, 15) is 28.0 Å². The van der Waals surface area contributed by atoms with Gasteiger partial charge in [0.25, 0.3) is 29.7 Å². The fourth-order valence-corrected chi connectivity index (χ4v) is 5.13. The highest BCUT2D eigenvalue weighted by Gasteiger charge is 2.44. The number of aromatic nitrogens is 3. The molecule has 1 aliphatic rings. The Morgan fingerprint density at radius 2 is 1.64 bits per heavy atom. The number of anilines is 2. The van der Waals surface area contributed by atoms with Gasteiger partial charge in [-0.25, -0.2) is 13.8 Å². The lowest BCUT2D eigenvalue weighted by Crippen LogP contribution is -2.38. The minimum absolute atomic E-state index is 0.00837. The van der Waals surface area contributed by atoms with Crippen molar-refractivity contribution in [1.82, 2.24) is 19.4 Å². The maximum Gasteiger partial charge on any atom is 0.273 e. The molecule has 0 aliphatic carbocycles. The third-order valence-electron chi connectivity index (χ3n) is 6.40. The number of amides is 3. The maximum atomic E-state index is 14.3. The lowest BCUT2D eigenvalue weighted by atomic mass is 10.1. The second kappa shape index (κ2) is 11.2. The van der Waals surface area contributed by atoms with E-state index in [1.54, 1.807) is 0 Å². The number of nitrogens with zero attached hydrogens (tertiary/aromatic N) is 4. The average molecular weight is 615 g/mol. The van der Waals surface area contributed by atoms with Gasteiger partial charge >= 0.3 is 0 Å². The fraction of sp³-hybridized carbons (Fsp3) is 0.111. The van der Waals surface area contributed by atoms with E-state index in [2.05, 4.69) is 15.3 Å². The van der Waals surface area contributed by atoms with Gasteiger partial charge in [0.15, 0.2) is 0 Å². The number of pyridine rings is 1. The number of imide groups is 1. The molecule has 4 aromatic rings. The Hall–Kier alpha value is -4.88. The monoisotopic (exact) mass is 614 g/mol. The molecule has 1 atom stereocenters. The molecule has 0 spiro atoms. The zero-order chi connectivity index (χ0) is 30.3. The van der Waals surface area contributed by atoms with Crippen LogP contribution in [0.25, 0.3) is 5.69 Å². The van der Waals surface area contributed by atoms with Crippen LogP contribution < -0.4 is 21.3 Å². The summed E-state index contributed by atoms with van der Waals surface area (Å²) < 4.78 is 34.7. The zero-order valence-electron chi connectivity index (χ0n) is 21.3. The second-order valence-corrected chi connectivity index (χ2v) is 9.70. The summed E-state index contributed by atoms with van der Waals surface area (Å²) >= 11 is 12.6. The van der Waals surface area contributed by atoms with Crippen LogP contribution in [0.3, 0.4) is 0 Å². The molecule has 15 heteroatoms. The Labute approximate surface area is 245 Å². The molecule has 1 aliphatic heterocycles.